The van der Waals surface area contributed by atoms with Crippen molar-refractivity contribution in [2.75, 3.05) is 13.7 Å². The molecule has 132 valence electrons. The predicted molar refractivity (Wildman–Crippen MR) is 95.2 cm³/mol. The molecule has 5 nitrogen and oxygen atoms in total. The summed E-state index contributed by atoms with van der Waals surface area (Å²) in [5.74, 6) is -0.0811. The number of alkyl carbamates (subject to hydrolysis) is 1. The van der Waals surface area contributed by atoms with Gasteiger partial charge in [0, 0.05) is 13.5 Å². The second-order valence-corrected chi connectivity index (χ2v) is 5.67. The zero-order chi connectivity index (χ0) is 17.9. The molecule has 5 heteroatoms. The zero-order valence-electron chi connectivity index (χ0n) is 14.3. The average Bonchev–Trinajstić information content (AvgIpc) is 2.66. The average molecular weight is 341 g/mol. The van der Waals surface area contributed by atoms with Crippen LogP contribution in [0.3, 0.4) is 0 Å². The van der Waals surface area contributed by atoms with Gasteiger partial charge in [-0.3, -0.25) is 4.79 Å². The summed E-state index contributed by atoms with van der Waals surface area (Å²) in [5, 5.41) is 2.59. The van der Waals surface area contributed by atoms with E-state index in [1.165, 1.54) is 7.11 Å². The summed E-state index contributed by atoms with van der Waals surface area (Å²) in [5.41, 5.74) is 1.97. The number of ketones is 1. The molecule has 2 aromatic rings. The van der Waals surface area contributed by atoms with Crippen molar-refractivity contribution in [2.45, 2.75) is 25.5 Å². The van der Waals surface area contributed by atoms with Gasteiger partial charge in [0.25, 0.3) is 0 Å². The SMILES string of the molecule is COC[C@@H](NC(=O)OCc1ccccc1)C(=O)CCc1ccccc1. The molecule has 0 bridgehead atoms. The summed E-state index contributed by atoms with van der Waals surface area (Å²) < 4.78 is 10.2. The quantitative estimate of drug-likeness (QED) is 0.761. The minimum absolute atomic E-state index is 0.0811. The first-order valence-electron chi connectivity index (χ1n) is 8.22. The van der Waals surface area contributed by atoms with Crippen LogP contribution in [0.4, 0.5) is 4.79 Å². The molecule has 0 heterocycles. The molecule has 1 atom stereocenters. The van der Waals surface area contributed by atoms with Gasteiger partial charge in [-0.05, 0) is 17.5 Å². The van der Waals surface area contributed by atoms with E-state index < -0.39 is 12.1 Å². The lowest BCUT2D eigenvalue weighted by molar-refractivity contribution is -0.122. The molecule has 2 rings (SSSR count). The van der Waals surface area contributed by atoms with Crippen LogP contribution in [0.5, 0.6) is 0 Å². The van der Waals surface area contributed by atoms with Gasteiger partial charge in [-0.2, -0.15) is 0 Å². The van der Waals surface area contributed by atoms with Crippen molar-refractivity contribution >= 4 is 11.9 Å². The standard InChI is InChI=1S/C20H23NO4/c1-24-15-18(19(22)13-12-16-8-4-2-5-9-16)21-20(23)25-14-17-10-6-3-7-11-17/h2-11,18H,12-15H2,1H3,(H,21,23)/t18-/m1/s1. The highest BCUT2D eigenvalue weighted by Crippen LogP contribution is 2.06. The summed E-state index contributed by atoms with van der Waals surface area (Å²) >= 11 is 0. The summed E-state index contributed by atoms with van der Waals surface area (Å²) in [7, 11) is 1.49. The Morgan fingerprint density at radius 1 is 0.960 bits per heavy atom. The molecule has 0 unspecified atom stereocenters. The number of ether oxygens (including phenoxy) is 2. The maximum absolute atomic E-state index is 12.4. The van der Waals surface area contributed by atoms with Gasteiger partial charge in [0.05, 0.1) is 6.61 Å². The molecule has 25 heavy (non-hydrogen) atoms. The Bertz CT molecular complexity index is 658. The number of carbonyl (C=O) groups is 2. The first kappa shape index (κ1) is 18.7. The van der Waals surface area contributed by atoms with E-state index in [0.717, 1.165) is 11.1 Å². The van der Waals surface area contributed by atoms with Gasteiger partial charge in [-0.1, -0.05) is 60.7 Å². The highest BCUT2D eigenvalue weighted by Gasteiger charge is 2.21. The van der Waals surface area contributed by atoms with E-state index in [0.29, 0.717) is 12.8 Å². The van der Waals surface area contributed by atoms with Crippen molar-refractivity contribution in [3.63, 3.8) is 0 Å². The Morgan fingerprint density at radius 3 is 2.16 bits per heavy atom. The third kappa shape index (κ3) is 6.77. The van der Waals surface area contributed by atoms with Crippen LogP contribution in [0.1, 0.15) is 17.5 Å². The van der Waals surface area contributed by atoms with Crippen molar-refractivity contribution in [1.29, 1.82) is 0 Å². The molecule has 0 fully saturated rings. The number of amides is 1. The van der Waals surface area contributed by atoms with Crippen molar-refractivity contribution in [1.82, 2.24) is 5.32 Å². The summed E-state index contributed by atoms with van der Waals surface area (Å²) in [6.45, 7) is 0.276. The van der Waals surface area contributed by atoms with Crippen molar-refractivity contribution < 1.29 is 19.1 Å². The van der Waals surface area contributed by atoms with Crippen LogP contribution < -0.4 is 5.32 Å². The lowest BCUT2D eigenvalue weighted by atomic mass is 10.0. The zero-order valence-corrected chi connectivity index (χ0v) is 14.3. The van der Waals surface area contributed by atoms with E-state index >= 15 is 0 Å². The maximum Gasteiger partial charge on any atom is 0.408 e. The first-order valence-corrected chi connectivity index (χ1v) is 8.22. The van der Waals surface area contributed by atoms with Crippen LogP contribution in [0.25, 0.3) is 0 Å². The molecular formula is C20H23NO4. The minimum atomic E-state index is -0.711. The third-order valence-electron chi connectivity index (χ3n) is 3.73. The normalized spacial score (nSPS) is 11.6. The number of benzene rings is 2. The summed E-state index contributed by atoms with van der Waals surface area (Å²) in [6, 6.07) is 18.4. The minimum Gasteiger partial charge on any atom is -0.445 e. The maximum atomic E-state index is 12.4. The number of hydrogen-bond acceptors (Lipinski definition) is 4. The van der Waals surface area contributed by atoms with Crippen LogP contribution in [-0.4, -0.2) is 31.6 Å². The molecule has 1 N–H and O–H groups in total. The van der Waals surface area contributed by atoms with Gasteiger partial charge in [-0.15, -0.1) is 0 Å². The van der Waals surface area contributed by atoms with E-state index in [1.54, 1.807) is 0 Å². The van der Waals surface area contributed by atoms with Gasteiger partial charge in [0.15, 0.2) is 5.78 Å². The predicted octanol–water partition coefficient (Wildman–Crippen LogP) is 3.13. The smallest absolute Gasteiger partial charge is 0.408 e. The van der Waals surface area contributed by atoms with Crippen LogP contribution in [-0.2, 0) is 27.3 Å². The second-order valence-electron chi connectivity index (χ2n) is 5.67. The molecule has 0 aliphatic carbocycles. The number of nitrogens with one attached hydrogen (secondary N) is 1. The Hall–Kier alpha value is -2.66. The Morgan fingerprint density at radius 2 is 1.56 bits per heavy atom. The van der Waals surface area contributed by atoms with Gasteiger partial charge >= 0.3 is 6.09 Å². The van der Waals surface area contributed by atoms with Crippen LogP contribution in [0.15, 0.2) is 60.7 Å². The lowest BCUT2D eigenvalue weighted by Gasteiger charge is -2.17. The Labute approximate surface area is 148 Å². The molecular weight excluding hydrogens is 318 g/mol. The molecule has 2 aromatic carbocycles. The van der Waals surface area contributed by atoms with E-state index in [-0.39, 0.29) is 19.0 Å². The van der Waals surface area contributed by atoms with Crippen molar-refractivity contribution in [2.24, 2.45) is 0 Å². The number of aryl methyl sites for hydroxylation is 1. The van der Waals surface area contributed by atoms with E-state index in [1.807, 2.05) is 60.7 Å². The fourth-order valence-electron chi connectivity index (χ4n) is 2.38. The Balaban J connectivity index is 1.81. The molecule has 0 radical (unpaired) electrons. The van der Waals surface area contributed by atoms with E-state index in [9.17, 15) is 9.59 Å². The number of Topliss-reactive ketones (excluding diaryl/α,β-unsaturated/α-hetero) is 1. The number of carbonyl (C=O) groups excluding carboxylic acids is 2. The molecule has 0 aromatic heterocycles. The van der Waals surface area contributed by atoms with Crippen LogP contribution >= 0.6 is 0 Å². The van der Waals surface area contributed by atoms with E-state index in [2.05, 4.69) is 5.32 Å². The van der Waals surface area contributed by atoms with Gasteiger partial charge in [-0.25, -0.2) is 4.79 Å². The number of methoxy groups -OCH3 is 1. The number of rotatable bonds is 9. The topological polar surface area (TPSA) is 64.6 Å². The van der Waals surface area contributed by atoms with Crippen molar-refractivity contribution in [3.8, 4) is 0 Å². The second kappa shape index (κ2) is 10.3. The van der Waals surface area contributed by atoms with Crippen LogP contribution in [0, 0.1) is 0 Å². The van der Waals surface area contributed by atoms with Crippen LogP contribution in [0.2, 0.25) is 0 Å². The molecule has 0 spiro atoms. The summed E-state index contributed by atoms with van der Waals surface area (Å²) in [4.78, 5) is 24.3. The summed E-state index contributed by atoms with van der Waals surface area (Å²) in [6.07, 6.45) is 0.330. The largest absolute Gasteiger partial charge is 0.445 e. The molecule has 0 saturated heterocycles. The van der Waals surface area contributed by atoms with E-state index in [4.69, 9.17) is 9.47 Å². The molecule has 0 aliphatic heterocycles. The van der Waals surface area contributed by atoms with Gasteiger partial charge < -0.3 is 14.8 Å². The molecule has 1 amide bonds. The molecule has 0 aliphatic rings. The fraction of sp³-hybridized carbons (Fsp3) is 0.300. The number of hydrogen-bond donors (Lipinski definition) is 1. The lowest BCUT2D eigenvalue weighted by Crippen LogP contribution is -2.44. The third-order valence-corrected chi connectivity index (χ3v) is 3.73. The van der Waals surface area contributed by atoms with Gasteiger partial charge in [0.2, 0.25) is 0 Å². The highest BCUT2D eigenvalue weighted by molar-refractivity contribution is 5.87. The van der Waals surface area contributed by atoms with Crippen molar-refractivity contribution in [3.05, 3.63) is 71.8 Å². The monoisotopic (exact) mass is 341 g/mol. The fourth-order valence-corrected chi connectivity index (χ4v) is 2.38. The van der Waals surface area contributed by atoms with Gasteiger partial charge in [0.1, 0.15) is 12.6 Å². The Kier molecular flexibility index (Phi) is 7.66. The highest BCUT2D eigenvalue weighted by atomic mass is 16.5. The first-order chi connectivity index (χ1) is 12.2. The molecule has 0 saturated carbocycles.